The van der Waals surface area contributed by atoms with Gasteiger partial charge >= 0.3 is 0 Å². The molecule has 0 radical (unpaired) electrons. The second-order valence-electron chi connectivity index (χ2n) is 15.6. The lowest BCUT2D eigenvalue weighted by atomic mass is 10.0. The van der Waals surface area contributed by atoms with E-state index in [0.717, 1.165) is 27.9 Å². The van der Waals surface area contributed by atoms with Crippen molar-refractivity contribution in [1.82, 2.24) is 9.13 Å². The number of fused-ring (bicyclic) bond motifs is 9. The number of aromatic nitrogens is 2. The topological polar surface area (TPSA) is 49.0 Å². The Balaban J connectivity index is 0.000000174. The van der Waals surface area contributed by atoms with E-state index in [9.17, 15) is 0 Å². The maximum Gasteiger partial charge on any atom is 0.159 e. The molecule has 0 saturated heterocycles. The first kappa shape index (κ1) is 37.6. The molecule has 0 aliphatic rings. The van der Waals surface area contributed by atoms with Gasteiger partial charge in [0.2, 0.25) is 0 Å². The quantitative estimate of drug-likeness (QED) is 0.193. The standard InChI is InChI=1S/C37H24N2O.C13H13N.C7H8/c1-23-11-10-20-35-36(23)29-21-24(38-30-16-6-2-12-25(30)26-13-3-7-17-31(26)38)22-34(37(29)40-35)39-32-18-8-4-14-27(32)28-15-5-9-19-33(28)39;14-10-11-6-8-13(9-7-11)12-4-2-1-3-5-12;1-7-5-3-2-4-6-7/h2-22H,1H3;1-9H,10,14H2;2-6H,1H3. The molecule has 0 atom stereocenters. The summed E-state index contributed by atoms with van der Waals surface area (Å²) in [7, 11) is 0. The van der Waals surface area contributed by atoms with Crippen LogP contribution < -0.4 is 5.73 Å². The third kappa shape index (κ3) is 6.93. The molecule has 0 aliphatic heterocycles. The fourth-order valence-corrected chi connectivity index (χ4v) is 8.75. The van der Waals surface area contributed by atoms with E-state index in [0.29, 0.717) is 6.54 Å². The van der Waals surface area contributed by atoms with Gasteiger partial charge in [0.1, 0.15) is 5.58 Å². The molecular formula is C57H45N3O. The van der Waals surface area contributed by atoms with Crippen LogP contribution >= 0.6 is 0 Å². The van der Waals surface area contributed by atoms with Crippen LogP contribution in [0.5, 0.6) is 0 Å². The molecule has 3 aromatic heterocycles. The molecule has 0 saturated carbocycles. The first-order valence-corrected chi connectivity index (χ1v) is 20.9. The number of nitrogens with two attached hydrogens (primary N) is 1. The minimum absolute atomic E-state index is 0.606. The van der Waals surface area contributed by atoms with Crippen LogP contribution in [0, 0.1) is 13.8 Å². The molecule has 0 aliphatic carbocycles. The van der Waals surface area contributed by atoms with E-state index in [2.05, 4.69) is 199 Å². The number of furan rings is 1. The van der Waals surface area contributed by atoms with E-state index in [-0.39, 0.29) is 0 Å². The Morgan fingerprint density at radius 3 is 1.41 bits per heavy atom. The molecule has 9 aromatic carbocycles. The van der Waals surface area contributed by atoms with Crippen molar-refractivity contribution in [2.75, 3.05) is 0 Å². The number of rotatable bonds is 4. The van der Waals surface area contributed by atoms with Crippen LogP contribution in [0.3, 0.4) is 0 Å². The molecule has 4 nitrogen and oxygen atoms in total. The van der Waals surface area contributed by atoms with Crippen molar-refractivity contribution in [3.8, 4) is 22.5 Å². The van der Waals surface area contributed by atoms with Crippen molar-refractivity contribution in [2.45, 2.75) is 20.4 Å². The summed E-state index contributed by atoms with van der Waals surface area (Å²) >= 11 is 0. The number of hydrogen-bond donors (Lipinski definition) is 1. The highest BCUT2D eigenvalue weighted by molar-refractivity contribution is 6.15. The highest BCUT2D eigenvalue weighted by atomic mass is 16.3. The summed E-state index contributed by atoms with van der Waals surface area (Å²) in [6.45, 7) is 4.86. The Morgan fingerprint density at radius 2 is 0.902 bits per heavy atom. The third-order valence-electron chi connectivity index (χ3n) is 11.7. The minimum atomic E-state index is 0.606. The van der Waals surface area contributed by atoms with Gasteiger partial charge < -0.3 is 19.3 Å². The monoisotopic (exact) mass is 787 g/mol. The molecule has 0 amide bonds. The predicted molar refractivity (Wildman–Crippen MR) is 258 cm³/mol. The van der Waals surface area contributed by atoms with E-state index in [1.54, 1.807) is 0 Å². The summed E-state index contributed by atoms with van der Waals surface area (Å²) in [5.41, 5.74) is 20.4. The minimum Gasteiger partial charge on any atom is -0.454 e. The number of hydrogen-bond acceptors (Lipinski definition) is 2. The van der Waals surface area contributed by atoms with Crippen LogP contribution in [-0.4, -0.2) is 9.13 Å². The molecule has 0 spiro atoms. The van der Waals surface area contributed by atoms with Crippen molar-refractivity contribution in [3.63, 3.8) is 0 Å². The van der Waals surface area contributed by atoms with E-state index in [4.69, 9.17) is 10.2 Å². The normalized spacial score (nSPS) is 11.3. The van der Waals surface area contributed by atoms with E-state index < -0.39 is 0 Å². The van der Waals surface area contributed by atoms with Gasteiger partial charge in [0.05, 0.1) is 27.8 Å². The van der Waals surface area contributed by atoms with Gasteiger partial charge in [-0.05, 0) is 78.6 Å². The summed E-state index contributed by atoms with van der Waals surface area (Å²) in [6, 6.07) is 74.6. The van der Waals surface area contributed by atoms with Crippen molar-refractivity contribution in [1.29, 1.82) is 0 Å². The number of aryl methyl sites for hydroxylation is 2. The molecule has 2 N–H and O–H groups in total. The highest BCUT2D eigenvalue weighted by Gasteiger charge is 2.21. The lowest BCUT2D eigenvalue weighted by molar-refractivity contribution is 0.666. The zero-order valence-electron chi connectivity index (χ0n) is 34.3. The molecule has 3 heterocycles. The Morgan fingerprint density at radius 1 is 0.426 bits per heavy atom. The van der Waals surface area contributed by atoms with Crippen LogP contribution in [0.25, 0.3) is 88.1 Å². The lowest BCUT2D eigenvalue weighted by Crippen LogP contribution is -1.99. The first-order chi connectivity index (χ1) is 30.1. The van der Waals surface area contributed by atoms with E-state index >= 15 is 0 Å². The predicted octanol–water partition coefficient (Wildman–Crippen LogP) is 14.9. The zero-order chi connectivity index (χ0) is 41.3. The second kappa shape index (κ2) is 16.2. The Hall–Kier alpha value is -7.66. The Kier molecular flexibility index (Phi) is 9.97. The molecule has 0 unspecified atom stereocenters. The zero-order valence-corrected chi connectivity index (χ0v) is 34.3. The summed E-state index contributed by atoms with van der Waals surface area (Å²) in [4.78, 5) is 0. The highest BCUT2D eigenvalue weighted by Crippen LogP contribution is 2.42. The summed E-state index contributed by atoms with van der Waals surface area (Å²) < 4.78 is 11.5. The van der Waals surface area contributed by atoms with Crippen molar-refractivity contribution in [3.05, 3.63) is 229 Å². The van der Waals surface area contributed by atoms with Crippen LogP contribution in [0.2, 0.25) is 0 Å². The largest absolute Gasteiger partial charge is 0.454 e. The van der Waals surface area contributed by atoms with Crippen molar-refractivity contribution < 1.29 is 4.42 Å². The van der Waals surface area contributed by atoms with E-state index in [1.165, 1.54) is 76.8 Å². The Bertz CT molecular complexity index is 3360. The second-order valence-corrected chi connectivity index (χ2v) is 15.6. The maximum absolute atomic E-state index is 6.70. The van der Waals surface area contributed by atoms with Crippen LogP contribution in [0.4, 0.5) is 0 Å². The molecule has 12 rings (SSSR count). The van der Waals surface area contributed by atoms with Gasteiger partial charge in [-0.1, -0.05) is 175 Å². The first-order valence-electron chi connectivity index (χ1n) is 20.9. The summed E-state index contributed by atoms with van der Waals surface area (Å²) in [5, 5.41) is 7.28. The SMILES string of the molecule is Cc1cccc2oc3c(-n4c5ccccc5c5ccccc54)cc(-n4c5ccccc5c5ccccc54)cc3c12.Cc1ccccc1.NCc1ccc(-c2ccccc2)cc1. The number of nitrogens with zero attached hydrogens (tertiary/aromatic N) is 2. The maximum atomic E-state index is 6.70. The molecule has 4 heteroatoms. The molecule has 61 heavy (non-hydrogen) atoms. The van der Waals surface area contributed by atoms with Crippen molar-refractivity contribution >= 4 is 65.6 Å². The van der Waals surface area contributed by atoms with Gasteiger partial charge in [-0.2, -0.15) is 0 Å². The van der Waals surface area contributed by atoms with Gasteiger partial charge in [-0.3, -0.25) is 0 Å². The van der Waals surface area contributed by atoms with Crippen LogP contribution in [0.15, 0.2) is 217 Å². The van der Waals surface area contributed by atoms with Gasteiger partial charge in [0.15, 0.2) is 5.58 Å². The average molecular weight is 788 g/mol. The fourth-order valence-electron chi connectivity index (χ4n) is 8.75. The number of para-hydroxylation sites is 4. The van der Waals surface area contributed by atoms with Crippen LogP contribution in [-0.2, 0) is 6.54 Å². The van der Waals surface area contributed by atoms with Gasteiger partial charge in [-0.25, -0.2) is 0 Å². The van der Waals surface area contributed by atoms with Gasteiger partial charge in [0.25, 0.3) is 0 Å². The molecular weight excluding hydrogens is 743 g/mol. The fraction of sp³-hybridized carbons (Fsp3) is 0.0526. The third-order valence-corrected chi connectivity index (χ3v) is 11.7. The molecule has 0 fully saturated rings. The smallest absolute Gasteiger partial charge is 0.159 e. The number of benzene rings is 9. The molecule has 0 bridgehead atoms. The van der Waals surface area contributed by atoms with Gasteiger partial charge in [0, 0.05) is 44.5 Å². The molecule has 294 valence electrons. The molecule has 12 aromatic rings. The Labute approximate surface area is 355 Å². The lowest BCUT2D eigenvalue weighted by Gasteiger charge is -2.14. The summed E-state index contributed by atoms with van der Waals surface area (Å²) in [5.74, 6) is 0. The summed E-state index contributed by atoms with van der Waals surface area (Å²) in [6.07, 6.45) is 0. The van der Waals surface area contributed by atoms with E-state index in [1.807, 2.05) is 36.4 Å². The van der Waals surface area contributed by atoms with Crippen LogP contribution in [0.1, 0.15) is 16.7 Å². The van der Waals surface area contributed by atoms with Crippen molar-refractivity contribution in [2.24, 2.45) is 5.73 Å². The average Bonchev–Trinajstić information content (AvgIpc) is 3.98. The van der Waals surface area contributed by atoms with Gasteiger partial charge in [-0.15, -0.1) is 0 Å².